The fourth-order valence-electron chi connectivity index (χ4n) is 4.89. The van der Waals surface area contributed by atoms with Crippen molar-refractivity contribution in [1.29, 1.82) is 0 Å². The van der Waals surface area contributed by atoms with Gasteiger partial charge in [-0.25, -0.2) is 22.7 Å². The molecular weight excluding hydrogens is 618 g/mol. The number of benzene rings is 2. The van der Waals surface area contributed by atoms with Gasteiger partial charge in [-0.1, -0.05) is 48.5 Å². The molecule has 2 atom stereocenters. The van der Waals surface area contributed by atoms with E-state index in [1.807, 2.05) is 18.2 Å². The number of nitrogens with zero attached hydrogens (tertiary/aromatic N) is 3. The van der Waals surface area contributed by atoms with Crippen molar-refractivity contribution in [1.82, 2.24) is 25.2 Å². The van der Waals surface area contributed by atoms with Gasteiger partial charge in [-0.05, 0) is 43.4 Å². The monoisotopic (exact) mass is 653 g/mol. The van der Waals surface area contributed by atoms with Crippen molar-refractivity contribution >= 4 is 50.8 Å². The average Bonchev–Trinajstić information content (AvgIpc) is 3.55. The molecule has 0 saturated carbocycles. The van der Waals surface area contributed by atoms with Gasteiger partial charge in [0.05, 0.1) is 12.1 Å². The van der Waals surface area contributed by atoms with Crippen LogP contribution in [0.2, 0.25) is 0 Å². The molecule has 6 N–H and O–H groups in total. The zero-order valence-corrected chi connectivity index (χ0v) is 25.6. The number of carboxylic acid groups (broad SMARTS) is 1. The number of carboxylic acids is 1. The summed E-state index contributed by atoms with van der Waals surface area (Å²) in [5, 5.41) is 15.0. The fourth-order valence-corrected chi connectivity index (χ4v) is 6.04. The normalized spacial score (nSPS) is 15.7. The number of likely N-dealkylation sites (tertiary alicyclic amines) is 1. The second-order valence-corrected chi connectivity index (χ2v) is 12.1. The molecule has 4 rings (SSSR count). The van der Waals surface area contributed by atoms with Crippen molar-refractivity contribution in [2.75, 3.05) is 19.6 Å². The quantitative estimate of drug-likeness (QED) is 0.100. The number of fused-ring (bicyclic) bond motifs is 1. The highest BCUT2D eigenvalue weighted by Gasteiger charge is 2.36. The molecule has 15 nitrogen and oxygen atoms in total. The summed E-state index contributed by atoms with van der Waals surface area (Å²) in [6, 6.07) is 14.9. The largest absolute Gasteiger partial charge is 0.480 e. The van der Waals surface area contributed by atoms with Crippen molar-refractivity contribution < 1.29 is 37.4 Å². The molecule has 2 heterocycles. The minimum absolute atomic E-state index is 0.00413. The first-order valence-electron chi connectivity index (χ1n) is 14.5. The zero-order valence-electron chi connectivity index (χ0n) is 24.8. The minimum Gasteiger partial charge on any atom is -0.480 e. The SMILES string of the molecule is NC(=NCCC[C@H](NC(=O)[C@@H]1CCCN1C(=O)CNS(=O)(=O)c1cccc2cccnc12)C(=O)O)NC(=O)OCc1ccccc1. The number of para-hydroxylation sites is 1. The molecule has 3 amide bonds. The van der Waals surface area contributed by atoms with E-state index in [1.54, 1.807) is 36.4 Å². The van der Waals surface area contributed by atoms with Gasteiger partial charge in [0.2, 0.25) is 21.8 Å². The van der Waals surface area contributed by atoms with Crippen LogP contribution >= 0.6 is 0 Å². The second-order valence-electron chi connectivity index (χ2n) is 10.4. The van der Waals surface area contributed by atoms with E-state index < -0.39 is 52.5 Å². The molecule has 3 aromatic rings. The highest BCUT2D eigenvalue weighted by molar-refractivity contribution is 7.89. The summed E-state index contributed by atoms with van der Waals surface area (Å²) in [5.74, 6) is -2.77. The molecule has 0 aliphatic carbocycles. The Morgan fingerprint density at radius 1 is 1.09 bits per heavy atom. The maximum absolute atomic E-state index is 13.0. The third kappa shape index (κ3) is 9.21. The first-order valence-corrected chi connectivity index (χ1v) is 16.0. The number of carbonyl (C=O) groups is 4. The van der Waals surface area contributed by atoms with E-state index in [0.29, 0.717) is 11.8 Å². The van der Waals surface area contributed by atoms with E-state index in [2.05, 4.69) is 25.3 Å². The van der Waals surface area contributed by atoms with Crippen LogP contribution in [0.25, 0.3) is 10.9 Å². The number of rotatable bonds is 13. The number of aliphatic carboxylic acids is 1. The highest BCUT2D eigenvalue weighted by Crippen LogP contribution is 2.21. The van der Waals surface area contributed by atoms with Crippen LogP contribution in [-0.2, 0) is 35.8 Å². The first kappa shape index (κ1) is 33.8. The van der Waals surface area contributed by atoms with Crippen molar-refractivity contribution in [3.05, 3.63) is 72.4 Å². The third-order valence-corrected chi connectivity index (χ3v) is 8.60. The number of pyridine rings is 1. The van der Waals surface area contributed by atoms with Gasteiger partial charge in [-0.2, -0.15) is 0 Å². The topological polar surface area (TPSA) is 222 Å². The number of aliphatic imine (C=N–C) groups is 1. The van der Waals surface area contributed by atoms with Gasteiger partial charge >= 0.3 is 12.1 Å². The Balaban J connectivity index is 1.24. The number of nitrogens with two attached hydrogens (primary N) is 1. The van der Waals surface area contributed by atoms with Crippen LogP contribution in [0.5, 0.6) is 0 Å². The third-order valence-electron chi connectivity index (χ3n) is 7.16. The number of aromatic nitrogens is 1. The zero-order chi connectivity index (χ0) is 33.1. The number of amides is 3. The molecule has 0 spiro atoms. The van der Waals surface area contributed by atoms with Crippen LogP contribution in [0.4, 0.5) is 4.79 Å². The van der Waals surface area contributed by atoms with E-state index >= 15 is 0 Å². The standard InChI is InChI=1S/C30H35N7O8S/c31-29(36-30(42)45-19-20-8-2-1-3-9-20)33-16-6-12-22(28(40)41)35-27(39)23-13-7-17-37(23)25(38)18-34-46(43,44)24-14-4-10-21-11-5-15-32-26(21)24/h1-5,8-11,14-15,22-23,34H,6-7,12-13,16-19H2,(H,35,39)(H,40,41)(H3,31,33,36,42)/t22-,23-/m0/s1. The van der Waals surface area contributed by atoms with Crippen LogP contribution < -0.4 is 21.1 Å². The van der Waals surface area contributed by atoms with Crippen LogP contribution in [0, 0.1) is 0 Å². The van der Waals surface area contributed by atoms with Gasteiger partial charge in [-0.3, -0.25) is 24.9 Å². The maximum Gasteiger partial charge on any atom is 0.414 e. The lowest BCUT2D eigenvalue weighted by molar-refractivity contribution is -0.143. The summed E-state index contributed by atoms with van der Waals surface area (Å²) >= 11 is 0. The Labute approximate surface area is 265 Å². The van der Waals surface area contributed by atoms with Crippen molar-refractivity contribution in [3.63, 3.8) is 0 Å². The Bertz CT molecular complexity index is 1700. The summed E-state index contributed by atoms with van der Waals surface area (Å²) in [6.45, 7) is -0.279. The maximum atomic E-state index is 13.0. The number of guanidine groups is 1. The number of hydrogen-bond donors (Lipinski definition) is 5. The Morgan fingerprint density at radius 3 is 2.61 bits per heavy atom. The predicted molar refractivity (Wildman–Crippen MR) is 167 cm³/mol. The molecule has 1 fully saturated rings. The lowest BCUT2D eigenvalue weighted by Gasteiger charge is -2.25. The van der Waals surface area contributed by atoms with E-state index in [-0.39, 0.29) is 55.3 Å². The van der Waals surface area contributed by atoms with Crippen molar-refractivity contribution in [3.8, 4) is 0 Å². The van der Waals surface area contributed by atoms with Crippen molar-refractivity contribution in [2.45, 2.75) is 49.3 Å². The molecule has 0 bridgehead atoms. The summed E-state index contributed by atoms with van der Waals surface area (Å²) in [4.78, 5) is 59.1. The lowest BCUT2D eigenvalue weighted by Crippen LogP contribution is -2.52. The molecular formula is C30H35N7O8S. The van der Waals surface area contributed by atoms with Gasteiger partial charge < -0.3 is 25.8 Å². The Kier molecular flexibility index (Phi) is 11.6. The van der Waals surface area contributed by atoms with Crippen LogP contribution in [0.15, 0.2) is 76.7 Å². The van der Waals surface area contributed by atoms with Crippen LogP contribution in [0.1, 0.15) is 31.2 Å². The van der Waals surface area contributed by atoms with Gasteiger partial charge in [0.15, 0.2) is 5.96 Å². The molecule has 1 aliphatic heterocycles. The number of ether oxygens (including phenoxy) is 1. The van der Waals surface area contributed by atoms with Gasteiger partial charge in [0.1, 0.15) is 23.6 Å². The van der Waals surface area contributed by atoms with Crippen molar-refractivity contribution in [2.24, 2.45) is 10.7 Å². The summed E-state index contributed by atoms with van der Waals surface area (Å²) < 4.78 is 33.3. The summed E-state index contributed by atoms with van der Waals surface area (Å²) in [7, 11) is -4.11. The minimum atomic E-state index is -4.11. The Hall–Kier alpha value is -5.09. The number of sulfonamides is 1. The molecule has 0 radical (unpaired) electrons. The highest BCUT2D eigenvalue weighted by atomic mass is 32.2. The van der Waals surface area contributed by atoms with Crippen LogP contribution in [0.3, 0.4) is 0 Å². The smallest absolute Gasteiger partial charge is 0.414 e. The van der Waals surface area contributed by atoms with E-state index in [4.69, 9.17) is 10.5 Å². The number of alkyl carbamates (subject to hydrolysis) is 1. The van der Waals surface area contributed by atoms with Gasteiger partial charge in [0.25, 0.3) is 0 Å². The Morgan fingerprint density at radius 2 is 1.85 bits per heavy atom. The number of hydrogen-bond acceptors (Lipinski definition) is 9. The second kappa shape index (κ2) is 15.8. The predicted octanol–water partition coefficient (Wildman–Crippen LogP) is 1.09. The number of nitrogens with one attached hydrogen (secondary N) is 3. The molecule has 0 unspecified atom stereocenters. The average molecular weight is 654 g/mol. The molecule has 46 heavy (non-hydrogen) atoms. The summed E-state index contributed by atoms with van der Waals surface area (Å²) in [6.07, 6.45) is 1.64. The van der Waals surface area contributed by atoms with Crippen LogP contribution in [-0.4, -0.2) is 85.0 Å². The lowest BCUT2D eigenvalue weighted by atomic mass is 10.1. The molecule has 16 heteroatoms. The first-order chi connectivity index (χ1) is 22.0. The molecule has 1 aromatic heterocycles. The van der Waals surface area contributed by atoms with E-state index in [0.717, 1.165) is 5.56 Å². The van der Waals surface area contributed by atoms with Gasteiger partial charge in [0, 0.05) is 24.7 Å². The molecule has 244 valence electrons. The molecule has 1 saturated heterocycles. The van der Waals surface area contributed by atoms with E-state index in [9.17, 15) is 32.7 Å². The number of carbonyl (C=O) groups excluding carboxylic acids is 3. The van der Waals surface area contributed by atoms with E-state index in [1.165, 1.54) is 17.2 Å². The van der Waals surface area contributed by atoms with Gasteiger partial charge in [-0.15, -0.1) is 0 Å². The fraction of sp³-hybridized carbons (Fsp3) is 0.333. The molecule has 1 aliphatic rings. The molecule has 2 aromatic carbocycles. The summed E-state index contributed by atoms with van der Waals surface area (Å²) in [5.41, 5.74) is 6.75.